The van der Waals surface area contributed by atoms with Crippen molar-refractivity contribution in [1.29, 1.82) is 0 Å². The van der Waals surface area contributed by atoms with E-state index in [2.05, 4.69) is 16.0 Å². The summed E-state index contributed by atoms with van der Waals surface area (Å²) in [5.41, 5.74) is -1.68. The molecule has 0 aromatic carbocycles. The van der Waals surface area contributed by atoms with Crippen molar-refractivity contribution in [2.75, 3.05) is 89.2 Å². The van der Waals surface area contributed by atoms with Crippen LogP contribution >= 0.6 is 0 Å². The number of halogens is 8. The number of carbonyl (C=O) groups is 12. The first-order valence-electron chi connectivity index (χ1n) is 38.0. The maximum atomic E-state index is 15.5. The Morgan fingerprint density at radius 1 is 0.604 bits per heavy atom. The molecule has 4 aliphatic carbocycles. The molecule has 3 N–H and O–H groups in total. The van der Waals surface area contributed by atoms with Crippen LogP contribution < -0.4 is 16.0 Å². The molecule has 7 aliphatic rings. The lowest BCUT2D eigenvalue weighted by molar-refractivity contribution is -0.219. The molecule has 7 rings (SSSR count). The van der Waals surface area contributed by atoms with Crippen LogP contribution in [0.4, 0.5) is 35.1 Å². The van der Waals surface area contributed by atoms with Crippen LogP contribution in [0, 0.1) is 35.5 Å². The highest BCUT2D eigenvalue weighted by molar-refractivity contribution is 6.01. The van der Waals surface area contributed by atoms with E-state index in [1.807, 2.05) is 0 Å². The molecule has 1 spiro atoms. The Morgan fingerprint density at radius 3 is 1.77 bits per heavy atom. The summed E-state index contributed by atoms with van der Waals surface area (Å²) in [6, 6.07) is -11.2. The third-order valence-corrected chi connectivity index (χ3v) is 23.8. The normalized spacial score (nSPS) is 32.0. The number of hydrogen-bond acceptors (Lipinski definition) is 13. The molecular formula is C73H114F8N12O13. The Labute approximate surface area is 617 Å². The third kappa shape index (κ3) is 20.5. The molecule has 2 bridgehead atoms. The minimum atomic E-state index is -5.21. The van der Waals surface area contributed by atoms with Gasteiger partial charge in [-0.1, -0.05) is 46.5 Å². The number of nitrogens with one attached hydrogen (secondary N) is 3. The highest BCUT2D eigenvalue weighted by Gasteiger charge is 2.56. The van der Waals surface area contributed by atoms with Crippen molar-refractivity contribution < 1.29 is 97.4 Å². The summed E-state index contributed by atoms with van der Waals surface area (Å²) in [5.74, 6) is -16.6. The van der Waals surface area contributed by atoms with Crippen LogP contribution in [-0.2, 0) is 62.3 Å². The lowest BCUT2D eigenvalue weighted by Crippen LogP contribution is -2.68. The quantitative estimate of drug-likeness (QED) is 0.180. The van der Waals surface area contributed by atoms with E-state index in [1.54, 1.807) is 27.7 Å². The molecular weight excluding hydrogens is 1400 g/mol. The SMILES string of the molecule is CCC[C@H]1C(=O)N[C@@H]([C@@H](C)CC)C(=O)N(C)CC(=O)N(C)[C@H]2CCCCN(C2=O)[C@@H](CC2CCC(C(F)(F)F)CC2)C(=O)N(C)CC(=O)N[C@@H](CCC2CC(F)C(C(F)(F)F)C(F)C2)C(=O)N2C[C@H](OCC)C[C@H]2C(=O)NC2(CCC2)C(=O)N(C)[C@@H](C2CCCC2)C(=O)N(C)[C@H](C(=O)N(C)C)CC(=O)N1C. The summed E-state index contributed by atoms with van der Waals surface area (Å²) >= 11 is 0. The molecule has 0 radical (unpaired) electrons. The number of alkyl halides is 8. The predicted octanol–water partition coefficient (Wildman–Crippen LogP) is 5.94. The number of ether oxygens (including phenoxy) is 1. The predicted molar refractivity (Wildman–Crippen MR) is 372 cm³/mol. The lowest BCUT2D eigenvalue weighted by atomic mass is 9.74. The lowest BCUT2D eigenvalue weighted by Gasteiger charge is -2.46. The van der Waals surface area contributed by atoms with Crippen molar-refractivity contribution >= 4 is 70.9 Å². The average Bonchev–Trinajstić information content (AvgIpc) is 0.821. The van der Waals surface area contributed by atoms with Gasteiger partial charge in [0.25, 0.3) is 0 Å². The summed E-state index contributed by atoms with van der Waals surface area (Å²) in [6.07, 6.45) is -15.4. The monoisotopic (exact) mass is 1520 g/mol. The van der Waals surface area contributed by atoms with Crippen LogP contribution in [0.3, 0.4) is 0 Å². The second-order valence-electron chi connectivity index (χ2n) is 31.3. The molecule has 33 heteroatoms. The number of likely N-dealkylation sites (N-methyl/N-ethyl adjacent to an activating group) is 7. The minimum absolute atomic E-state index is 0.00978. The average molecular weight is 1520 g/mol. The number of nitrogens with zero attached hydrogens (tertiary/aromatic N) is 9. The van der Waals surface area contributed by atoms with Crippen molar-refractivity contribution in [3.05, 3.63) is 0 Å². The minimum Gasteiger partial charge on any atom is -0.377 e. The fourth-order valence-electron chi connectivity index (χ4n) is 17.0. The number of carbonyl (C=O) groups excluding carboxylic acids is 12. The van der Waals surface area contributed by atoms with Crippen molar-refractivity contribution in [1.82, 2.24) is 60.0 Å². The Morgan fingerprint density at radius 2 is 1.22 bits per heavy atom. The molecule has 3 saturated heterocycles. The van der Waals surface area contributed by atoms with Gasteiger partial charge in [-0.25, -0.2) is 8.78 Å². The van der Waals surface area contributed by atoms with Crippen LogP contribution in [-0.4, -0.2) is 289 Å². The molecule has 106 heavy (non-hydrogen) atoms. The van der Waals surface area contributed by atoms with E-state index in [1.165, 1.54) is 71.1 Å². The van der Waals surface area contributed by atoms with Gasteiger partial charge in [-0.15, -0.1) is 0 Å². The van der Waals surface area contributed by atoms with Crippen LogP contribution in [0.25, 0.3) is 0 Å². The van der Waals surface area contributed by atoms with Crippen molar-refractivity contribution in [2.45, 2.75) is 266 Å². The summed E-state index contributed by atoms with van der Waals surface area (Å²) in [7, 11) is 10.9. The topological polar surface area (TPSA) is 279 Å². The van der Waals surface area contributed by atoms with Gasteiger partial charge in [0.2, 0.25) is 70.9 Å². The summed E-state index contributed by atoms with van der Waals surface area (Å²) in [5, 5.41) is 8.38. The zero-order chi connectivity index (χ0) is 78.8. The molecule has 0 aromatic heterocycles. The summed E-state index contributed by atoms with van der Waals surface area (Å²) in [6.45, 7) is 5.16. The van der Waals surface area contributed by atoms with E-state index < -0.39 is 230 Å². The van der Waals surface area contributed by atoms with Crippen molar-refractivity contribution in [3.8, 4) is 0 Å². The molecule has 3 heterocycles. The molecule has 12 amide bonds. The van der Waals surface area contributed by atoms with Crippen LogP contribution in [0.2, 0.25) is 0 Å². The Balaban J connectivity index is 1.31. The van der Waals surface area contributed by atoms with E-state index in [0.29, 0.717) is 51.4 Å². The zero-order valence-electron chi connectivity index (χ0n) is 63.7. The molecule has 12 atom stereocenters. The summed E-state index contributed by atoms with van der Waals surface area (Å²) in [4.78, 5) is 190. The van der Waals surface area contributed by atoms with Gasteiger partial charge in [0.05, 0.1) is 31.5 Å². The maximum absolute atomic E-state index is 15.5. The molecule has 7 fully saturated rings. The van der Waals surface area contributed by atoms with Crippen molar-refractivity contribution in [3.63, 3.8) is 0 Å². The number of hydrogen-bond donors (Lipinski definition) is 3. The molecule has 2 unspecified atom stereocenters. The summed E-state index contributed by atoms with van der Waals surface area (Å²) < 4.78 is 121. The van der Waals surface area contributed by atoms with E-state index >= 15 is 37.5 Å². The van der Waals surface area contributed by atoms with Gasteiger partial charge >= 0.3 is 12.4 Å². The van der Waals surface area contributed by atoms with E-state index in [9.17, 15) is 55.1 Å². The number of rotatable bonds is 13. The first-order chi connectivity index (χ1) is 49.7. The van der Waals surface area contributed by atoms with E-state index in [0.717, 1.165) is 29.4 Å². The number of fused-ring (bicyclic) bond motifs is 3. The molecule has 3 aliphatic heterocycles. The second kappa shape index (κ2) is 37.0. The molecule has 4 saturated carbocycles. The van der Waals surface area contributed by atoms with Crippen molar-refractivity contribution in [2.24, 2.45) is 35.5 Å². The largest absolute Gasteiger partial charge is 0.397 e. The fourth-order valence-corrected chi connectivity index (χ4v) is 17.0. The maximum Gasteiger partial charge on any atom is 0.397 e. The molecule has 0 aromatic rings. The van der Waals surface area contributed by atoms with Gasteiger partial charge < -0.3 is 64.8 Å². The van der Waals surface area contributed by atoms with Crippen LogP contribution in [0.5, 0.6) is 0 Å². The van der Waals surface area contributed by atoms with Gasteiger partial charge in [0, 0.05) is 82.5 Å². The Bertz CT molecular complexity index is 3120. The van der Waals surface area contributed by atoms with Gasteiger partial charge in [-0.3, -0.25) is 57.5 Å². The highest BCUT2D eigenvalue weighted by atomic mass is 19.4. The number of amides is 12. The third-order valence-electron chi connectivity index (χ3n) is 23.8. The zero-order valence-corrected chi connectivity index (χ0v) is 63.7. The van der Waals surface area contributed by atoms with E-state index in [4.69, 9.17) is 4.74 Å². The van der Waals surface area contributed by atoms with Gasteiger partial charge in [0.15, 0.2) is 0 Å². The molecule has 25 nitrogen and oxygen atoms in total. The highest BCUT2D eigenvalue weighted by Crippen LogP contribution is 2.46. The van der Waals surface area contributed by atoms with Gasteiger partial charge in [0.1, 0.15) is 72.1 Å². The van der Waals surface area contributed by atoms with E-state index in [-0.39, 0.29) is 96.7 Å². The molecule has 600 valence electrons. The first kappa shape index (κ1) is 86.3. The van der Waals surface area contributed by atoms with Gasteiger partial charge in [-0.05, 0) is 146 Å². The standard InChI is InChI=1S/C73H114F8N12O13/c1-13-21-51-62(97)83-60(42(4)14-2)68(103)87(8)41-58(96)89(10)52-24-18-19-33-92(67(52)102)55(36-43-25-28-46(29-26-43)72(76,77)78)66(101)86(7)40-56(94)82-50(30-27-44-34-48(74)59(49(75)35-44)73(79,80)81)64(99)93-39-47(106-15-3)37-53(93)63(98)84-71(31-20-32-71)70(105)91(12)61(45-22-16-17-23-45)69(104)90(11)54(65(100)85(5)6)38-57(95)88(51)9/h42-55,59-61H,13-41H2,1-12H3,(H,82,94)(H,83,97)(H,84,98)/t42-,43?,44?,46?,47+,48?,49?,50-,51-,52-,53-,54-,55-,59?,60-,61-/m0/s1. The van der Waals surface area contributed by atoms with Gasteiger partial charge in [-0.2, -0.15) is 26.3 Å². The van der Waals surface area contributed by atoms with Crippen LogP contribution in [0.15, 0.2) is 0 Å². The smallest absolute Gasteiger partial charge is 0.377 e. The second-order valence-corrected chi connectivity index (χ2v) is 31.3. The van der Waals surface area contributed by atoms with Crippen LogP contribution in [0.1, 0.15) is 182 Å². The first-order valence-corrected chi connectivity index (χ1v) is 38.0. The fraction of sp³-hybridized carbons (Fsp3) is 0.836. The Hall–Kier alpha value is -6.96. The Kier molecular flexibility index (Phi) is 30.1.